The molecule has 0 aliphatic rings. The summed E-state index contributed by atoms with van der Waals surface area (Å²) < 4.78 is 5.58. The fourth-order valence-electron chi connectivity index (χ4n) is 2.03. The first-order valence-electron chi connectivity index (χ1n) is 6.76. The molecule has 0 saturated carbocycles. The van der Waals surface area contributed by atoms with Crippen molar-refractivity contribution in [1.82, 2.24) is 0 Å². The molecule has 1 heterocycles. The lowest BCUT2D eigenvalue weighted by molar-refractivity contribution is 0.0997. The monoisotopic (exact) mass is 399 g/mol. The van der Waals surface area contributed by atoms with Gasteiger partial charge in [-0.25, -0.2) is 0 Å². The molecule has 0 atom stereocenters. The third-order valence-corrected chi connectivity index (χ3v) is 4.69. The molecule has 0 radical (unpaired) electrons. The van der Waals surface area contributed by atoms with E-state index >= 15 is 0 Å². The second kappa shape index (κ2) is 7.08. The van der Waals surface area contributed by atoms with Crippen molar-refractivity contribution in [2.75, 3.05) is 5.32 Å². The van der Waals surface area contributed by atoms with Crippen LogP contribution in [0.2, 0.25) is 20.1 Å². The highest BCUT2D eigenvalue weighted by Crippen LogP contribution is 2.30. The van der Waals surface area contributed by atoms with Crippen molar-refractivity contribution in [3.8, 4) is 11.3 Å². The van der Waals surface area contributed by atoms with Gasteiger partial charge in [0.2, 0.25) is 0 Å². The van der Waals surface area contributed by atoms with E-state index in [2.05, 4.69) is 5.32 Å². The number of furan rings is 1. The van der Waals surface area contributed by atoms with Gasteiger partial charge in [0.25, 0.3) is 5.91 Å². The first-order chi connectivity index (χ1) is 11.4. The Hall–Kier alpha value is -1.65. The van der Waals surface area contributed by atoms with Gasteiger partial charge in [0, 0.05) is 11.3 Å². The lowest BCUT2D eigenvalue weighted by atomic mass is 10.2. The van der Waals surface area contributed by atoms with Gasteiger partial charge in [-0.15, -0.1) is 0 Å². The van der Waals surface area contributed by atoms with Crippen molar-refractivity contribution in [2.24, 2.45) is 0 Å². The molecule has 0 aliphatic heterocycles. The van der Waals surface area contributed by atoms with E-state index in [1.54, 1.807) is 48.5 Å². The molecule has 1 N–H and O–H groups in total. The molecule has 1 amide bonds. The number of halogens is 4. The molecule has 0 aliphatic carbocycles. The van der Waals surface area contributed by atoms with E-state index in [1.165, 1.54) is 0 Å². The quantitative estimate of drug-likeness (QED) is 0.524. The minimum absolute atomic E-state index is 0.155. The third-order valence-electron chi connectivity index (χ3n) is 3.21. The van der Waals surface area contributed by atoms with Gasteiger partial charge < -0.3 is 9.73 Å². The maximum absolute atomic E-state index is 12.2. The molecule has 122 valence electrons. The minimum atomic E-state index is -0.403. The summed E-state index contributed by atoms with van der Waals surface area (Å²) in [6.07, 6.45) is 0. The van der Waals surface area contributed by atoms with E-state index in [4.69, 9.17) is 50.8 Å². The van der Waals surface area contributed by atoms with Crippen LogP contribution in [0.25, 0.3) is 11.3 Å². The Morgan fingerprint density at radius 3 is 2.12 bits per heavy atom. The number of rotatable bonds is 3. The molecule has 1 aromatic heterocycles. The number of anilines is 1. The van der Waals surface area contributed by atoms with Gasteiger partial charge in [-0.05, 0) is 48.5 Å². The Labute approximate surface area is 158 Å². The zero-order valence-electron chi connectivity index (χ0n) is 11.9. The van der Waals surface area contributed by atoms with Crippen LogP contribution in [0.5, 0.6) is 0 Å². The smallest absolute Gasteiger partial charge is 0.291 e. The van der Waals surface area contributed by atoms with E-state index < -0.39 is 5.91 Å². The third kappa shape index (κ3) is 3.70. The Kier molecular flexibility index (Phi) is 5.07. The minimum Gasteiger partial charge on any atom is -0.451 e. The number of benzene rings is 2. The van der Waals surface area contributed by atoms with Crippen molar-refractivity contribution in [3.05, 3.63) is 74.4 Å². The summed E-state index contributed by atoms with van der Waals surface area (Å²) in [5.41, 5.74) is 1.24. The van der Waals surface area contributed by atoms with Crippen LogP contribution in [0.4, 0.5) is 5.69 Å². The maximum atomic E-state index is 12.2. The molecule has 2 aromatic carbocycles. The Morgan fingerprint density at radius 1 is 0.792 bits per heavy atom. The van der Waals surface area contributed by atoms with Gasteiger partial charge in [-0.1, -0.05) is 46.4 Å². The van der Waals surface area contributed by atoms with Crippen molar-refractivity contribution in [1.29, 1.82) is 0 Å². The van der Waals surface area contributed by atoms with Crippen LogP contribution in [0.1, 0.15) is 10.6 Å². The summed E-state index contributed by atoms with van der Waals surface area (Å²) in [5, 5.41) is 4.31. The van der Waals surface area contributed by atoms with Crippen molar-refractivity contribution in [2.45, 2.75) is 0 Å². The van der Waals surface area contributed by atoms with Gasteiger partial charge in [0.05, 0.1) is 20.1 Å². The zero-order valence-corrected chi connectivity index (χ0v) is 15.0. The van der Waals surface area contributed by atoms with Gasteiger partial charge >= 0.3 is 0 Å². The van der Waals surface area contributed by atoms with Crippen molar-refractivity contribution >= 4 is 58.0 Å². The Bertz CT molecular complexity index is 921. The van der Waals surface area contributed by atoms with Crippen molar-refractivity contribution < 1.29 is 9.21 Å². The lowest BCUT2D eigenvalue weighted by Crippen LogP contribution is -2.10. The summed E-state index contributed by atoms with van der Waals surface area (Å²) in [6.45, 7) is 0. The second-order valence-corrected chi connectivity index (χ2v) is 6.50. The number of amides is 1. The van der Waals surface area contributed by atoms with Crippen LogP contribution in [-0.2, 0) is 0 Å². The summed E-state index contributed by atoms with van der Waals surface area (Å²) in [7, 11) is 0. The van der Waals surface area contributed by atoms with Crippen LogP contribution in [0, 0.1) is 0 Å². The molecule has 3 rings (SSSR count). The Balaban J connectivity index is 1.80. The molecular weight excluding hydrogens is 392 g/mol. The molecule has 3 aromatic rings. The molecule has 3 nitrogen and oxygen atoms in total. The Morgan fingerprint density at radius 2 is 1.46 bits per heavy atom. The molecule has 0 unspecified atom stereocenters. The number of hydrogen-bond donors (Lipinski definition) is 1. The molecule has 0 spiro atoms. The zero-order chi connectivity index (χ0) is 17.3. The van der Waals surface area contributed by atoms with E-state index in [0.717, 1.165) is 5.56 Å². The first-order valence-corrected chi connectivity index (χ1v) is 8.27. The molecule has 0 saturated heterocycles. The standard InChI is InChI=1S/C17H9Cl4NO2/c18-11-3-1-9(7-13(11)20)15-5-6-16(24-15)17(23)22-10-2-4-12(19)14(21)8-10/h1-8H,(H,22,23). The second-order valence-electron chi connectivity index (χ2n) is 4.88. The summed E-state index contributed by atoms with van der Waals surface area (Å²) in [6, 6.07) is 13.2. The van der Waals surface area contributed by atoms with Gasteiger partial charge in [-0.3, -0.25) is 4.79 Å². The highest BCUT2D eigenvalue weighted by Gasteiger charge is 2.14. The molecule has 7 heteroatoms. The SMILES string of the molecule is O=C(Nc1ccc(Cl)c(Cl)c1)c1ccc(-c2ccc(Cl)c(Cl)c2)o1. The predicted molar refractivity (Wildman–Crippen MR) is 98.6 cm³/mol. The number of nitrogens with one attached hydrogen (secondary N) is 1. The lowest BCUT2D eigenvalue weighted by Gasteiger charge is -2.04. The average Bonchev–Trinajstić information content (AvgIpc) is 3.04. The largest absolute Gasteiger partial charge is 0.451 e. The molecule has 0 fully saturated rings. The molecular formula is C17H9Cl4NO2. The van der Waals surface area contributed by atoms with Gasteiger partial charge in [0.15, 0.2) is 5.76 Å². The van der Waals surface area contributed by atoms with Crippen LogP contribution in [0.3, 0.4) is 0 Å². The fraction of sp³-hybridized carbons (Fsp3) is 0. The number of carbonyl (C=O) groups excluding carboxylic acids is 1. The van der Waals surface area contributed by atoms with Crippen molar-refractivity contribution in [3.63, 3.8) is 0 Å². The average molecular weight is 401 g/mol. The predicted octanol–water partition coefficient (Wildman–Crippen LogP) is 6.81. The molecule has 24 heavy (non-hydrogen) atoms. The van der Waals surface area contributed by atoms with E-state index in [0.29, 0.717) is 31.5 Å². The topological polar surface area (TPSA) is 42.2 Å². The maximum Gasteiger partial charge on any atom is 0.291 e. The van der Waals surface area contributed by atoms with Gasteiger partial charge in [-0.2, -0.15) is 0 Å². The highest BCUT2D eigenvalue weighted by molar-refractivity contribution is 6.42. The molecule has 0 bridgehead atoms. The van der Waals surface area contributed by atoms with E-state index in [-0.39, 0.29) is 5.76 Å². The fourth-order valence-corrected chi connectivity index (χ4v) is 2.63. The van der Waals surface area contributed by atoms with E-state index in [9.17, 15) is 4.79 Å². The van der Waals surface area contributed by atoms with Crippen LogP contribution in [-0.4, -0.2) is 5.91 Å². The first kappa shape index (κ1) is 17.2. The number of hydrogen-bond acceptors (Lipinski definition) is 2. The van der Waals surface area contributed by atoms with E-state index in [1.807, 2.05) is 0 Å². The summed E-state index contributed by atoms with van der Waals surface area (Å²) >= 11 is 23.7. The summed E-state index contributed by atoms with van der Waals surface area (Å²) in [5.74, 6) is 0.259. The van der Waals surface area contributed by atoms with Gasteiger partial charge in [0.1, 0.15) is 5.76 Å². The van der Waals surface area contributed by atoms with Crippen LogP contribution in [0.15, 0.2) is 52.9 Å². The number of carbonyl (C=O) groups is 1. The van der Waals surface area contributed by atoms with Crippen LogP contribution >= 0.6 is 46.4 Å². The summed E-state index contributed by atoms with van der Waals surface area (Å²) in [4.78, 5) is 12.2. The van der Waals surface area contributed by atoms with Crippen LogP contribution < -0.4 is 5.32 Å². The normalized spacial score (nSPS) is 10.7. The highest BCUT2D eigenvalue weighted by atomic mass is 35.5.